The van der Waals surface area contributed by atoms with E-state index < -0.39 is 0 Å². The Bertz CT molecular complexity index is 618. The lowest BCUT2D eigenvalue weighted by molar-refractivity contribution is -0.133. The van der Waals surface area contributed by atoms with Crippen LogP contribution >= 0.6 is 0 Å². The van der Waals surface area contributed by atoms with Gasteiger partial charge in [0.25, 0.3) is 0 Å². The van der Waals surface area contributed by atoms with Gasteiger partial charge >= 0.3 is 0 Å². The van der Waals surface area contributed by atoms with Crippen LogP contribution in [0.5, 0.6) is 5.75 Å². The van der Waals surface area contributed by atoms with Gasteiger partial charge in [-0.25, -0.2) is 9.67 Å². The Labute approximate surface area is 135 Å². The summed E-state index contributed by atoms with van der Waals surface area (Å²) in [6, 6.07) is 8.13. The zero-order chi connectivity index (χ0) is 16.1. The smallest absolute Gasteiger partial charge is 0.244 e. The number of nitrogens with zero attached hydrogens (tertiary/aromatic N) is 5. The van der Waals surface area contributed by atoms with E-state index in [1.54, 1.807) is 18.1 Å². The maximum absolute atomic E-state index is 12.2. The second-order valence-electron chi connectivity index (χ2n) is 5.60. The molecule has 1 aromatic heterocycles. The Morgan fingerprint density at radius 2 is 1.91 bits per heavy atom. The minimum atomic E-state index is 0.0968. The quantitative estimate of drug-likeness (QED) is 0.810. The Balaban J connectivity index is 1.47. The van der Waals surface area contributed by atoms with Crippen molar-refractivity contribution >= 4 is 5.91 Å². The molecule has 1 fully saturated rings. The molecule has 1 amide bonds. The fourth-order valence-electron chi connectivity index (χ4n) is 2.70. The van der Waals surface area contributed by atoms with Crippen LogP contribution in [0.1, 0.15) is 5.56 Å². The SMILES string of the molecule is COc1ccc(CN2CCN(C(=O)Cn3cncn3)CC2)cc1. The molecule has 0 N–H and O–H groups in total. The van der Waals surface area contributed by atoms with E-state index in [0.29, 0.717) is 0 Å². The summed E-state index contributed by atoms with van der Waals surface area (Å²) in [7, 11) is 1.67. The van der Waals surface area contributed by atoms with Crippen LogP contribution in [0.15, 0.2) is 36.9 Å². The van der Waals surface area contributed by atoms with Crippen molar-refractivity contribution in [3.63, 3.8) is 0 Å². The molecule has 0 spiro atoms. The third-order valence-corrected chi connectivity index (χ3v) is 4.05. The first-order chi connectivity index (χ1) is 11.2. The van der Waals surface area contributed by atoms with Crippen LogP contribution in [0.25, 0.3) is 0 Å². The molecule has 0 atom stereocenters. The fourth-order valence-corrected chi connectivity index (χ4v) is 2.70. The summed E-state index contributed by atoms with van der Waals surface area (Å²) in [5.41, 5.74) is 1.26. The van der Waals surface area contributed by atoms with Crippen LogP contribution in [0.4, 0.5) is 0 Å². The molecule has 2 heterocycles. The molecular weight excluding hydrogens is 294 g/mol. The van der Waals surface area contributed by atoms with Gasteiger partial charge in [-0.1, -0.05) is 12.1 Å². The third kappa shape index (κ3) is 4.07. The molecule has 0 radical (unpaired) electrons. The molecular formula is C16H21N5O2. The summed E-state index contributed by atoms with van der Waals surface area (Å²) in [6.45, 7) is 4.44. The van der Waals surface area contributed by atoms with Crippen molar-refractivity contribution in [1.29, 1.82) is 0 Å². The predicted molar refractivity (Wildman–Crippen MR) is 84.9 cm³/mol. The summed E-state index contributed by atoms with van der Waals surface area (Å²) >= 11 is 0. The number of rotatable bonds is 5. The summed E-state index contributed by atoms with van der Waals surface area (Å²) in [5, 5.41) is 3.97. The van der Waals surface area contributed by atoms with Crippen molar-refractivity contribution < 1.29 is 9.53 Å². The highest BCUT2D eigenvalue weighted by Gasteiger charge is 2.21. The van der Waals surface area contributed by atoms with Gasteiger partial charge in [-0.2, -0.15) is 5.10 Å². The molecule has 122 valence electrons. The van der Waals surface area contributed by atoms with Crippen LogP contribution in [-0.4, -0.2) is 63.8 Å². The van der Waals surface area contributed by atoms with Gasteiger partial charge in [0.2, 0.25) is 5.91 Å². The second-order valence-corrected chi connectivity index (χ2v) is 5.60. The zero-order valence-electron chi connectivity index (χ0n) is 13.3. The molecule has 0 bridgehead atoms. The number of carbonyl (C=O) groups is 1. The van der Waals surface area contributed by atoms with Crippen molar-refractivity contribution in [2.24, 2.45) is 0 Å². The molecule has 1 aromatic carbocycles. The normalized spacial score (nSPS) is 15.6. The lowest BCUT2D eigenvalue weighted by Crippen LogP contribution is -2.49. The number of amides is 1. The van der Waals surface area contributed by atoms with E-state index in [1.165, 1.54) is 11.9 Å². The molecule has 0 saturated carbocycles. The van der Waals surface area contributed by atoms with Crippen LogP contribution in [0, 0.1) is 0 Å². The van der Waals surface area contributed by atoms with Gasteiger partial charge in [0.15, 0.2) is 0 Å². The van der Waals surface area contributed by atoms with E-state index in [9.17, 15) is 4.79 Å². The lowest BCUT2D eigenvalue weighted by atomic mass is 10.2. The van der Waals surface area contributed by atoms with Crippen molar-refractivity contribution in [2.45, 2.75) is 13.1 Å². The van der Waals surface area contributed by atoms with Gasteiger partial charge in [-0.3, -0.25) is 9.69 Å². The Kier molecular flexibility index (Phi) is 4.87. The van der Waals surface area contributed by atoms with E-state index in [1.807, 2.05) is 17.0 Å². The first kappa shape index (κ1) is 15.5. The van der Waals surface area contributed by atoms with E-state index in [0.717, 1.165) is 38.5 Å². The van der Waals surface area contributed by atoms with Crippen molar-refractivity contribution in [3.05, 3.63) is 42.5 Å². The van der Waals surface area contributed by atoms with Gasteiger partial charge in [0.1, 0.15) is 24.9 Å². The largest absolute Gasteiger partial charge is 0.497 e. The van der Waals surface area contributed by atoms with Crippen molar-refractivity contribution in [3.8, 4) is 5.75 Å². The van der Waals surface area contributed by atoms with Gasteiger partial charge in [-0.15, -0.1) is 0 Å². The summed E-state index contributed by atoms with van der Waals surface area (Å²) in [4.78, 5) is 20.3. The number of piperazine rings is 1. The Hall–Kier alpha value is -2.41. The van der Waals surface area contributed by atoms with Crippen LogP contribution in [0.3, 0.4) is 0 Å². The molecule has 7 heteroatoms. The monoisotopic (exact) mass is 315 g/mol. The Morgan fingerprint density at radius 1 is 1.17 bits per heavy atom. The zero-order valence-corrected chi connectivity index (χ0v) is 13.3. The molecule has 1 aliphatic rings. The molecule has 1 saturated heterocycles. The number of hydrogen-bond acceptors (Lipinski definition) is 5. The average molecular weight is 315 g/mol. The standard InChI is InChI=1S/C16H21N5O2/c1-23-15-4-2-14(3-5-15)10-19-6-8-20(9-7-19)16(22)11-21-13-17-12-18-21/h2-5,12-13H,6-11H2,1H3. The van der Waals surface area contributed by atoms with Gasteiger partial charge in [-0.05, 0) is 17.7 Å². The second kappa shape index (κ2) is 7.23. The van der Waals surface area contributed by atoms with E-state index in [4.69, 9.17) is 4.74 Å². The van der Waals surface area contributed by atoms with Crippen molar-refractivity contribution in [1.82, 2.24) is 24.6 Å². The third-order valence-electron chi connectivity index (χ3n) is 4.05. The molecule has 7 nitrogen and oxygen atoms in total. The number of hydrogen-bond donors (Lipinski definition) is 0. The minimum absolute atomic E-state index is 0.0968. The molecule has 1 aliphatic heterocycles. The molecule has 0 aliphatic carbocycles. The molecule has 2 aromatic rings. The van der Waals surface area contributed by atoms with Gasteiger partial charge in [0.05, 0.1) is 7.11 Å². The van der Waals surface area contributed by atoms with E-state index in [-0.39, 0.29) is 12.5 Å². The van der Waals surface area contributed by atoms with Crippen LogP contribution < -0.4 is 4.74 Å². The Morgan fingerprint density at radius 3 is 2.52 bits per heavy atom. The highest BCUT2D eigenvalue weighted by Crippen LogP contribution is 2.14. The topological polar surface area (TPSA) is 63.5 Å². The number of benzene rings is 1. The lowest BCUT2D eigenvalue weighted by Gasteiger charge is -2.34. The highest BCUT2D eigenvalue weighted by molar-refractivity contribution is 5.76. The highest BCUT2D eigenvalue weighted by atomic mass is 16.5. The minimum Gasteiger partial charge on any atom is -0.497 e. The van der Waals surface area contributed by atoms with Crippen LogP contribution in [-0.2, 0) is 17.9 Å². The molecule has 23 heavy (non-hydrogen) atoms. The van der Waals surface area contributed by atoms with Gasteiger partial charge in [0, 0.05) is 32.7 Å². The predicted octanol–water partition coefficient (Wildman–Crippen LogP) is 0.631. The van der Waals surface area contributed by atoms with E-state index >= 15 is 0 Å². The van der Waals surface area contributed by atoms with E-state index in [2.05, 4.69) is 27.1 Å². The number of aromatic nitrogens is 3. The van der Waals surface area contributed by atoms with Crippen molar-refractivity contribution in [2.75, 3.05) is 33.3 Å². The first-order valence-corrected chi connectivity index (χ1v) is 7.70. The number of carbonyl (C=O) groups excluding carboxylic acids is 1. The summed E-state index contributed by atoms with van der Waals surface area (Å²) in [5.74, 6) is 0.969. The number of methoxy groups -OCH3 is 1. The first-order valence-electron chi connectivity index (χ1n) is 7.70. The molecule has 3 rings (SSSR count). The summed E-state index contributed by atoms with van der Waals surface area (Å²) in [6.07, 6.45) is 3.01. The summed E-state index contributed by atoms with van der Waals surface area (Å²) < 4.78 is 6.73. The van der Waals surface area contributed by atoms with Crippen LogP contribution in [0.2, 0.25) is 0 Å². The fraction of sp³-hybridized carbons (Fsp3) is 0.438. The maximum Gasteiger partial charge on any atom is 0.244 e. The maximum atomic E-state index is 12.2. The average Bonchev–Trinajstić information content (AvgIpc) is 3.09. The molecule has 0 unspecified atom stereocenters. The van der Waals surface area contributed by atoms with Gasteiger partial charge < -0.3 is 9.64 Å². The number of ether oxygens (including phenoxy) is 1.